The van der Waals surface area contributed by atoms with E-state index in [2.05, 4.69) is 11.2 Å². The first kappa shape index (κ1) is 12.2. The zero-order valence-corrected chi connectivity index (χ0v) is 9.37. The fraction of sp³-hybridized carbons (Fsp3) is 0.545. The monoisotopic (exact) mass is 222 g/mol. The van der Waals surface area contributed by atoms with Crippen LogP contribution in [0.1, 0.15) is 26.7 Å². The second-order valence-corrected chi connectivity index (χ2v) is 3.64. The highest BCUT2D eigenvalue weighted by atomic mass is 16.2. The van der Waals surface area contributed by atoms with Crippen molar-refractivity contribution in [3.8, 4) is 12.3 Å². The third-order valence-corrected chi connectivity index (χ3v) is 3.01. The topological polar surface area (TPSA) is 66.5 Å². The van der Waals surface area contributed by atoms with Crippen molar-refractivity contribution in [1.29, 1.82) is 0 Å². The second kappa shape index (κ2) is 4.35. The van der Waals surface area contributed by atoms with Crippen LogP contribution < -0.4 is 5.32 Å². The van der Waals surface area contributed by atoms with E-state index in [0.29, 0.717) is 12.8 Å². The van der Waals surface area contributed by atoms with E-state index in [4.69, 9.17) is 6.42 Å². The Morgan fingerprint density at radius 2 is 1.88 bits per heavy atom. The largest absolute Gasteiger partial charge is 0.331 e. The molecule has 1 heterocycles. The van der Waals surface area contributed by atoms with Crippen LogP contribution >= 0.6 is 0 Å². The Bertz CT molecular complexity index is 377. The smallest absolute Gasteiger partial charge is 0.277 e. The summed E-state index contributed by atoms with van der Waals surface area (Å²) in [4.78, 5) is 36.1. The number of carbonyl (C=O) groups excluding carboxylic acids is 3. The summed E-state index contributed by atoms with van der Waals surface area (Å²) in [6.07, 6.45) is 5.78. The van der Waals surface area contributed by atoms with Gasteiger partial charge in [-0.05, 0) is 12.8 Å². The summed E-state index contributed by atoms with van der Waals surface area (Å²) in [7, 11) is 0. The minimum atomic E-state index is -1.15. The summed E-state index contributed by atoms with van der Waals surface area (Å²) >= 11 is 0. The van der Waals surface area contributed by atoms with Crippen LogP contribution in [0.3, 0.4) is 0 Å². The molecule has 1 aliphatic heterocycles. The normalized spacial score (nSPS) is 19.3. The van der Waals surface area contributed by atoms with Crippen molar-refractivity contribution in [1.82, 2.24) is 10.2 Å². The second-order valence-electron chi connectivity index (χ2n) is 3.64. The van der Waals surface area contributed by atoms with Crippen LogP contribution in [0.5, 0.6) is 0 Å². The highest BCUT2D eigenvalue weighted by Crippen LogP contribution is 2.31. The number of rotatable bonds is 3. The maximum absolute atomic E-state index is 12.1. The first-order chi connectivity index (χ1) is 7.53. The molecule has 86 valence electrons. The van der Waals surface area contributed by atoms with Crippen LogP contribution in [0, 0.1) is 17.8 Å². The van der Waals surface area contributed by atoms with Gasteiger partial charge in [0.2, 0.25) is 11.8 Å². The molecule has 0 aliphatic carbocycles. The number of hydrogen-bond acceptors (Lipinski definition) is 3. The molecule has 5 nitrogen and oxygen atoms in total. The lowest BCUT2D eigenvalue weighted by Crippen LogP contribution is -2.63. The zero-order chi connectivity index (χ0) is 12.3. The number of nitrogens with one attached hydrogen (secondary N) is 1. The van der Waals surface area contributed by atoms with Crippen molar-refractivity contribution < 1.29 is 14.4 Å². The predicted molar refractivity (Wildman–Crippen MR) is 57.1 cm³/mol. The molecular formula is C11H14N2O3. The SMILES string of the molecule is C#CCN1C(=O)NC(=O)C(CC)(CC)C1=O. The van der Waals surface area contributed by atoms with Gasteiger partial charge in [-0.2, -0.15) is 0 Å². The molecule has 0 unspecified atom stereocenters. The molecule has 0 spiro atoms. The molecule has 5 heteroatoms. The van der Waals surface area contributed by atoms with Gasteiger partial charge in [-0.3, -0.25) is 19.8 Å². The molecule has 0 radical (unpaired) electrons. The molecule has 0 aromatic rings. The summed E-state index contributed by atoms with van der Waals surface area (Å²) in [6, 6.07) is -0.731. The van der Waals surface area contributed by atoms with Crippen molar-refractivity contribution in [3.63, 3.8) is 0 Å². The van der Waals surface area contributed by atoms with Crippen molar-refractivity contribution in [2.24, 2.45) is 5.41 Å². The Labute approximate surface area is 94.2 Å². The van der Waals surface area contributed by atoms with E-state index in [1.807, 2.05) is 0 Å². The number of barbiturate groups is 1. The van der Waals surface area contributed by atoms with Gasteiger partial charge < -0.3 is 0 Å². The van der Waals surface area contributed by atoms with Gasteiger partial charge in [-0.15, -0.1) is 6.42 Å². The van der Waals surface area contributed by atoms with E-state index in [-0.39, 0.29) is 6.54 Å². The van der Waals surface area contributed by atoms with Gasteiger partial charge >= 0.3 is 6.03 Å². The van der Waals surface area contributed by atoms with E-state index in [1.54, 1.807) is 13.8 Å². The molecule has 0 aromatic carbocycles. The molecule has 16 heavy (non-hydrogen) atoms. The summed E-state index contributed by atoms with van der Waals surface area (Å²) in [6.45, 7) is 3.37. The average molecular weight is 222 g/mol. The number of urea groups is 1. The van der Waals surface area contributed by atoms with Gasteiger partial charge in [0, 0.05) is 0 Å². The van der Waals surface area contributed by atoms with Gasteiger partial charge in [0.25, 0.3) is 0 Å². The molecule has 1 N–H and O–H groups in total. The Kier molecular flexibility index (Phi) is 3.33. The summed E-state index contributed by atoms with van der Waals surface area (Å²) in [5.41, 5.74) is -1.15. The minimum Gasteiger partial charge on any atom is -0.277 e. The molecule has 0 atom stereocenters. The standard InChI is InChI=1S/C11H14N2O3/c1-4-7-13-9(15)11(5-2,6-3)8(14)12-10(13)16/h1H,5-7H2,2-3H3,(H,12,14,16). The number of nitrogens with zero attached hydrogens (tertiary/aromatic N) is 1. The molecule has 4 amide bonds. The first-order valence-electron chi connectivity index (χ1n) is 5.14. The van der Waals surface area contributed by atoms with Gasteiger partial charge in [0.1, 0.15) is 5.41 Å². The van der Waals surface area contributed by atoms with Gasteiger partial charge in [0.05, 0.1) is 6.54 Å². The van der Waals surface area contributed by atoms with Gasteiger partial charge in [0.15, 0.2) is 0 Å². The third-order valence-electron chi connectivity index (χ3n) is 3.01. The Balaban J connectivity index is 3.13. The number of amides is 4. The van der Waals surface area contributed by atoms with Gasteiger partial charge in [-0.25, -0.2) is 4.79 Å². The highest BCUT2D eigenvalue weighted by Gasteiger charge is 2.51. The van der Waals surface area contributed by atoms with E-state index < -0.39 is 23.3 Å². The van der Waals surface area contributed by atoms with Crippen LogP contribution in [-0.4, -0.2) is 29.3 Å². The lowest BCUT2D eigenvalue weighted by atomic mass is 9.78. The fourth-order valence-corrected chi connectivity index (χ4v) is 1.84. The lowest BCUT2D eigenvalue weighted by Gasteiger charge is -2.37. The minimum absolute atomic E-state index is 0.111. The number of hydrogen-bond donors (Lipinski definition) is 1. The van der Waals surface area contributed by atoms with E-state index >= 15 is 0 Å². The Morgan fingerprint density at radius 1 is 1.31 bits per heavy atom. The molecule has 1 fully saturated rings. The maximum atomic E-state index is 12.1. The highest BCUT2D eigenvalue weighted by molar-refractivity contribution is 6.19. The molecule has 1 saturated heterocycles. The maximum Gasteiger partial charge on any atom is 0.331 e. The number of carbonyl (C=O) groups is 3. The summed E-state index contributed by atoms with van der Waals surface area (Å²) in [5, 5.41) is 2.17. The predicted octanol–water partition coefficient (Wildman–Crippen LogP) is 0.504. The molecule has 0 bridgehead atoms. The van der Waals surface area contributed by atoms with Crippen molar-refractivity contribution in [3.05, 3.63) is 0 Å². The molecule has 0 saturated carbocycles. The van der Waals surface area contributed by atoms with Crippen LogP contribution in [0.25, 0.3) is 0 Å². The van der Waals surface area contributed by atoms with Crippen molar-refractivity contribution in [2.75, 3.05) is 6.54 Å². The molecular weight excluding hydrogens is 208 g/mol. The summed E-state index contributed by atoms with van der Waals surface area (Å²) < 4.78 is 0. The van der Waals surface area contributed by atoms with E-state index in [9.17, 15) is 14.4 Å². The van der Waals surface area contributed by atoms with Crippen LogP contribution in [-0.2, 0) is 9.59 Å². The zero-order valence-electron chi connectivity index (χ0n) is 9.37. The number of imide groups is 2. The summed E-state index contributed by atoms with van der Waals surface area (Å²) in [5.74, 6) is 1.21. The molecule has 1 aliphatic rings. The average Bonchev–Trinajstić information content (AvgIpc) is 2.26. The lowest BCUT2D eigenvalue weighted by molar-refractivity contribution is -0.151. The van der Waals surface area contributed by atoms with Crippen molar-refractivity contribution in [2.45, 2.75) is 26.7 Å². The molecule has 0 aromatic heterocycles. The Hall–Kier alpha value is -1.83. The van der Waals surface area contributed by atoms with Gasteiger partial charge in [-0.1, -0.05) is 19.8 Å². The first-order valence-corrected chi connectivity index (χ1v) is 5.14. The Morgan fingerprint density at radius 3 is 2.31 bits per heavy atom. The van der Waals surface area contributed by atoms with Crippen LogP contribution in [0.2, 0.25) is 0 Å². The molecule has 1 rings (SSSR count). The fourth-order valence-electron chi connectivity index (χ4n) is 1.84. The quantitative estimate of drug-likeness (QED) is 0.558. The van der Waals surface area contributed by atoms with Crippen molar-refractivity contribution >= 4 is 17.8 Å². The third kappa shape index (κ3) is 1.56. The van der Waals surface area contributed by atoms with E-state index in [1.165, 1.54) is 0 Å². The van der Waals surface area contributed by atoms with Crippen LogP contribution in [0.15, 0.2) is 0 Å². The van der Waals surface area contributed by atoms with E-state index in [0.717, 1.165) is 4.90 Å². The number of terminal acetylenes is 1. The van der Waals surface area contributed by atoms with Crippen LogP contribution in [0.4, 0.5) is 4.79 Å².